The average molecular weight is 340 g/mol. The molecule has 23 heavy (non-hydrogen) atoms. The minimum absolute atomic E-state index is 0.125. The van der Waals surface area contributed by atoms with Crippen LogP contribution in [0.3, 0.4) is 0 Å². The van der Waals surface area contributed by atoms with Gasteiger partial charge in [-0.05, 0) is 25.0 Å². The van der Waals surface area contributed by atoms with Crippen LogP contribution in [0, 0.1) is 0 Å². The summed E-state index contributed by atoms with van der Waals surface area (Å²) in [7, 11) is -3.34. The van der Waals surface area contributed by atoms with E-state index in [9.17, 15) is 13.2 Å². The molecule has 1 saturated heterocycles. The number of rotatable bonds is 4. The number of carbonyl (C=O) groups is 1. The van der Waals surface area contributed by atoms with Gasteiger partial charge in [0.05, 0.1) is 18.8 Å². The number of aromatic nitrogens is 1. The van der Waals surface area contributed by atoms with E-state index in [1.165, 1.54) is 0 Å². The van der Waals surface area contributed by atoms with Crippen LogP contribution in [0.2, 0.25) is 0 Å². The minimum atomic E-state index is -3.34. The second-order valence-electron chi connectivity index (χ2n) is 5.98. The highest BCUT2D eigenvalue weighted by atomic mass is 32.2. The Balaban J connectivity index is 1.69. The van der Waals surface area contributed by atoms with Gasteiger partial charge >= 0.3 is 0 Å². The van der Waals surface area contributed by atoms with E-state index in [0.717, 1.165) is 19.1 Å². The Morgan fingerprint density at radius 2 is 2.30 bits per heavy atom. The molecule has 2 heterocycles. The number of pyridine rings is 1. The van der Waals surface area contributed by atoms with Crippen LogP contribution in [0.4, 0.5) is 0 Å². The molecule has 1 aromatic rings. The summed E-state index contributed by atoms with van der Waals surface area (Å²) in [6.07, 6.45) is 5.50. The van der Waals surface area contributed by atoms with E-state index in [2.05, 4.69) is 4.98 Å². The molecule has 1 aliphatic carbocycles. The van der Waals surface area contributed by atoms with E-state index in [1.54, 1.807) is 23.4 Å². The maximum absolute atomic E-state index is 12.3. The van der Waals surface area contributed by atoms with E-state index in [0.29, 0.717) is 18.9 Å². The molecule has 8 heteroatoms. The van der Waals surface area contributed by atoms with Crippen LogP contribution in [0.25, 0.3) is 0 Å². The molecule has 7 nitrogen and oxygen atoms in total. The smallest absolute Gasteiger partial charge is 0.238 e. The number of amides is 1. The largest absolute Gasteiger partial charge is 0.486 e. The molecule has 3 rings (SSSR count). The zero-order chi connectivity index (χ0) is 16.4. The molecule has 0 N–H and O–H groups in total. The first-order chi connectivity index (χ1) is 10.9. The highest BCUT2D eigenvalue weighted by Crippen LogP contribution is 2.33. The van der Waals surface area contributed by atoms with Crippen molar-refractivity contribution in [3.8, 4) is 5.75 Å². The molecular weight excluding hydrogens is 320 g/mol. The molecule has 1 amide bonds. The maximum atomic E-state index is 12.3. The van der Waals surface area contributed by atoms with E-state index in [-0.39, 0.29) is 24.2 Å². The zero-order valence-corrected chi connectivity index (χ0v) is 13.7. The van der Waals surface area contributed by atoms with Gasteiger partial charge in [-0.3, -0.25) is 9.78 Å². The Bertz CT molecular complexity index is 664. The number of carbonyl (C=O) groups excluding carboxylic acids is 1. The third-order valence-electron chi connectivity index (χ3n) is 4.16. The van der Waals surface area contributed by atoms with Gasteiger partial charge in [-0.25, -0.2) is 8.42 Å². The fourth-order valence-electron chi connectivity index (χ4n) is 3.25. The summed E-state index contributed by atoms with van der Waals surface area (Å²) in [5.74, 6) is -0.140. The molecule has 1 aliphatic heterocycles. The molecule has 0 unspecified atom stereocenters. The molecule has 1 aromatic heterocycles. The van der Waals surface area contributed by atoms with E-state index in [1.807, 2.05) is 6.07 Å². The van der Waals surface area contributed by atoms with E-state index in [4.69, 9.17) is 9.47 Å². The first-order valence-corrected chi connectivity index (χ1v) is 9.65. The number of nitrogens with zero attached hydrogens (tertiary/aromatic N) is 2. The monoisotopic (exact) mass is 340 g/mol. The predicted molar refractivity (Wildman–Crippen MR) is 82.8 cm³/mol. The Kier molecular flexibility index (Phi) is 4.54. The number of morpholine rings is 1. The topological polar surface area (TPSA) is 85.8 Å². The Morgan fingerprint density at radius 3 is 3.00 bits per heavy atom. The molecule has 126 valence electrons. The Hall–Kier alpha value is -1.67. The summed E-state index contributed by atoms with van der Waals surface area (Å²) >= 11 is 0. The Morgan fingerprint density at radius 1 is 1.48 bits per heavy atom. The van der Waals surface area contributed by atoms with Crippen molar-refractivity contribution in [1.82, 2.24) is 9.88 Å². The first kappa shape index (κ1) is 16.2. The first-order valence-electron chi connectivity index (χ1n) is 7.59. The fourth-order valence-corrected chi connectivity index (χ4v) is 3.86. The van der Waals surface area contributed by atoms with Crippen molar-refractivity contribution in [2.24, 2.45) is 0 Å². The van der Waals surface area contributed by atoms with Crippen LogP contribution in [0.1, 0.15) is 12.8 Å². The molecule has 0 spiro atoms. The lowest BCUT2D eigenvalue weighted by Gasteiger charge is -2.38. The van der Waals surface area contributed by atoms with Crippen molar-refractivity contribution in [3.05, 3.63) is 24.5 Å². The van der Waals surface area contributed by atoms with Gasteiger partial charge in [0.15, 0.2) is 9.84 Å². The lowest BCUT2D eigenvalue weighted by Crippen LogP contribution is -2.55. The van der Waals surface area contributed by atoms with Gasteiger partial charge in [-0.15, -0.1) is 0 Å². The second kappa shape index (κ2) is 6.45. The summed E-state index contributed by atoms with van der Waals surface area (Å²) < 4.78 is 34.5. The normalized spacial score (nSPS) is 27.5. The minimum Gasteiger partial charge on any atom is -0.486 e. The summed E-state index contributed by atoms with van der Waals surface area (Å²) in [6, 6.07) is 3.50. The van der Waals surface area contributed by atoms with Gasteiger partial charge in [0.25, 0.3) is 0 Å². The van der Waals surface area contributed by atoms with E-state index < -0.39 is 15.6 Å². The summed E-state index contributed by atoms with van der Waals surface area (Å²) in [4.78, 5) is 17.9. The van der Waals surface area contributed by atoms with Crippen molar-refractivity contribution in [2.45, 2.75) is 31.1 Å². The maximum Gasteiger partial charge on any atom is 0.238 e. The second-order valence-corrected chi connectivity index (χ2v) is 8.12. The quantitative estimate of drug-likeness (QED) is 0.782. The number of hydrogen-bond acceptors (Lipinski definition) is 6. The third-order valence-corrected chi connectivity index (χ3v) is 4.93. The van der Waals surface area contributed by atoms with Gasteiger partial charge in [0.1, 0.15) is 23.7 Å². The van der Waals surface area contributed by atoms with Crippen molar-refractivity contribution >= 4 is 15.7 Å². The van der Waals surface area contributed by atoms with Crippen molar-refractivity contribution < 1.29 is 22.7 Å². The molecule has 3 atom stereocenters. The average Bonchev–Trinajstić information content (AvgIpc) is 2.90. The van der Waals surface area contributed by atoms with Gasteiger partial charge in [0, 0.05) is 19.0 Å². The third kappa shape index (κ3) is 3.81. The number of ether oxygens (including phenoxy) is 2. The molecular formula is C15H20N2O5S. The molecule has 1 saturated carbocycles. The highest BCUT2D eigenvalue weighted by Gasteiger charge is 2.45. The fraction of sp³-hybridized carbons (Fsp3) is 0.600. The van der Waals surface area contributed by atoms with Gasteiger partial charge in [0.2, 0.25) is 5.91 Å². The van der Waals surface area contributed by atoms with Gasteiger partial charge in [-0.2, -0.15) is 0 Å². The van der Waals surface area contributed by atoms with Crippen LogP contribution in [0.15, 0.2) is 24.5 Å². The molecule has 0 radical (unpaired) electrons. The molecule has 2 aliphatic rings. The van der Waals surface area contributed by atoms with Gasteiger partial charge in [-0.1, -0.05) is 0 Å². The summed E-state index contributed by atoms with van der Waals surface area (Å²) in [5.41, 5.74) is 0. The zero-order valence-electron chi connectivity index (χ0n) is 12.9. The van der Waals surface area contributed by atoms with Crippen LogP contribution in [-0.4, -0.2) is 67.6 Å². The predicted octanol–water partition coefficient (Wildman–Crippen LogP) is 0.263. The SMILES string of the molecule is CS(=O)(=O)CC(=O)N1CCO[C@H]2[C@H]1CC[C@H]2Oc1cccnc1. The van der Waals surface area contributed by atoms with Crippen molar-refractivity contribution in [1.29, 1.82) is 0 Å². The summed E-state index contributed by atoms with van der Waals surface area (Å²) in [6.45, 7) is 0.818. The van der Waals surface area contributed by atoms with Crippen LogP contribution in [-0.2, 0) is 19.4 Å². The van der Waals surface area contributed by atoms with E-state index >= 15 is 0 Å². The Labute approximate surface area is 135 Å². The van der Waals surface area contributed by atoms with Crippen LogP contribution < -0.4 is 4.74 Å². The van der Waals surface area contributed by atoms with Crippen LogP contribution >= 0.6 is 0 Å². The number of hydrogen-bond donors (Lipinski definition) is 0. The standard InChI is InChI=1S/C15H20N2O5S/c1-23(19,20)10-14(18)17-7-8-21-15-12(17)4-5-13(15)22-11-3-2-6-16-9-11/h2-3,6,9,12-13,15H,4-5,7-8,10H2,1H3/t12-,13-,15+/m1/s1. The number of fused-ring (bicyclic) bond motifs is 1. The molecule has 0 bridgehead atoms. The van der Waals surface area contributed by atoms with Crippen molar-refractivity contribution in [3.63, 3.8) is 0 Å². The van der Waals surface area contributed by atoms with Crippen molar-refractivity contribution in [2.75, 3.05) is 25.2 Å². The highest BCUT2D eigenvalue weighted by molar-refractivity contribution is 7.91. The lowest BCUT2D eigenvalue weighted by atomic mass is 10.1. The number of sulfone groups is 1. The molecule has 2 fully saturated rings. The molecule has 0 aromatic carbocycles. The summed E-state index contributed by atoms with van der Waals surface area (Å²) in [5, 5.41) is 0. The van der Waals surface area contributed by atoms with Gasteiger partial charge < -0.3 is 14.4 Å². The van der Waals surface area contributed by atoms with Crippen LogP contribution in [0.5, 0.6) is 5.75 Å². The lowest BCUT2D eigenvalue weighted by molar-refractivity contribution is -0.144.